The van der Waals surface area contributed by atoms with Crippen molar-refractivity contribution in [2.45, 2.75) is 52.4 Å². The van der Waals surface area contributed by atoms with E-state index in [1.165, 1.54) is 24.3 Å². The Hall–Kier alpha value is -2.20. The third-order valence-electron chi connectivity index (χ3n) is 5.61. The maximum Gasteiger partial charge on any atom is 0.408 e. The first-order valence-electron chi connectivity index (χ1n) is 10.9. The van der Waals surface area contributed by atoms with Gasteiger partial charge in [0.15, 0.2) is 0 Å². The smallest absolute Gasteiger partial charge is 0.408 e. The molecule has 3 aromatic rings. The topological polar surface area (TPSA) is 104 Å². The Morgan fingerprint density at radius 1 is 0.647 bits per heavy atom. The fourth-order valence-corrected chi connectivity index (χ4v) is 5.15. The van der Waals surface area contributed by atoms with Gasteiger partial charge in [0.25, 0.3) is 0 Å². The van der Waals surface area contributed by atoms with Crippen molar-refractivity contribution in [1.29, 1.82) is 0 Å². The third kappa shape index (κ3) is 6.07. The molecule has 0 aromatic heterocycles. The molecule has 0 saturated heterocycles. The van der Waals surface area contributed by atoms with Gasteiger partial charge in [-0.05, 0) is 57.9 Å². The van der Waals surface area contributed by atoms with Crippen molar-refractivity contribution in [3.8, 4) is 16.9 Å². The lowest BCUT2D eigenvalue weighted by Crippen LogP contribution is -2.17. The zero-order valence-corrected chi connectivity index (χ0v) is 22.1. The van der Waals surface area contributed by atoms with Gasteiger partial charge in [0.2, 0.25) is 0 Å². The molecule has 3 N–H and O–H groups in total. The molecule has 0 spiro atoms. The maximum atomic E-state index is 13.3. The number of hydrogen-bond acceptors (Lipinski definition) is 3. The summed E-state index contributed by atoms with van der Waals surface area (Å²) in [4.78, 5) is 29.4. The fraction of sp³-hybridized carbons (Fsp3) is 0.308. The highest BCUT2D eigenvalue weighted by molar-refractivity contribution is 7.61. The summed E-state index contributed by atoms with van der Waals surface area (Å²) in [6.07, 6.45) is 0. The van der Waals surface area contributed by atoms with E-state index in [1.807, 2.05) is 39.0 Å². The van der Waals surface area contributed by atoms with Gasteiger partial charge in [-0.15, -0.1) is 0 Å². The molecule has 3 aromatic carbocycles. The first-order valence-corrected chi connectivity index (χ1v) is 14.1. The number of benzene rings is 3. The van der Waals surface area contributed by atoms with Crippen LogP contribution < -0.4 is 15.1 Å². The Kier molecular flexibility index (Phi) is 7.07. The average molecular weight is 502 g/mol. The molecule has 34 heavy (non-hydrogen) atoms. The van der Waals surface area contributed by atoms with E-state index in [-0.39, 0.29) is 21.4 Å². The molecular weight excluding hydrogens is 470 g/mol. The predicted molar refractivity (Wildman–Crippen MR) is 137 cm³/mol. The van der Waals surface area contributed by atoms with Gasteiger partial charge in [0.05, 0.1) is 10.6 Å². The lowest BCUT2D eigenvalue weighted by molar-refractivity contribution is 0.385. The summed E-state index contributed by atoms with van der Waals surface area (Å²) in [6.45, 7) is 12.3. The molecule has 0 bridgehead atoms. The van der Waals surface area contributed by atoms with Crippen LogP contribution in [0.3, 0.4) is 0 Å². The summed E-state index contributed by atoms with van der Waals surface area (Å²) < 4.78 is 30.4. The van der Waals surface area contributed by atoms with Gasteiger partial charge in [-0.25, -0.2) is 4.57 Å². The second kappa shape index (κ2) is 9.11. The van der Waals surface area contributed by atoms with Crippen LogP contribution in [0, 0.1) is 0 Å². The summed E-state index contributed by atoms with van der Waals surface area (Å²) in [5.41, 5.74) is 2.89. The monoisotopic (exact) mass is 502 g/mol. The minimum atomic E-state index is -4.31. The largest absolute Gasteiger partial charge is 0.421 e. The summed E-state index contributed by atoms with van der Waals surface area (Å²) in [6, 6.07) is 18.2. The second-order valence-electron chi connectivity index (χ2n) is 10.5. The highest BCUT2D eigenvalue weighted by Crippen LogP contribution is 2.46. The molecule has 6 nitrogen and oxygen atoms in total. The number of rotatable bonds is 5. The Balaban J connectivity index is 1.93. The summed E-state index contributed by atoms with van der Waals surface area (Å²) in [5, 5.41) is 0.0948. The Labute approximate surface area is 201 Å². The number of hydrogen-bond donors (Lipinski definition) is 3. The van der Waals surface area contributed by atoms with Crippen LogP contribution in [0.15, 0.2) is 66.7 Å². The molecule has 8 heteroatoms. The van der Waals surface area contributed by atoms with Crippen molar-refractivity contribution in [3.63, 3.8) is 0 Å². The summed E-state index contributed by atoms with van der Waals surface area (Å²) in [5.74, 6) is 0.392. The van der Waals surface area contributed by atoms with Gasteiger partial charge in [-0.3, -0.25) is 4.57 Å². The van der Waals surface area contributed by atoms with E-state index in [4.69, 9.17) is 4.52 Å². The average Bonchev–Trinajstić information content (AvgIpc) is 2.71. The van der Waals surface area contributed by atoms with E-state index in [0.717, 1.165) is 22.3 Å². The molecule has 0 aliphatic rings. The van der Waals surface area contributed by atoms with Crippen molar-refractivity contribution in [3.05, 3.63) is 77.9 Å². The molecule has 0 fully saturated rings. The van der Waals surface area contributed by atoms with Crippen molar-refractivity contribution in [2.75, 3.05) is 0 Å². The van der Waals surface area contributed by atoms with Gasteiger partial charge in [-0.1, -0.05) is 77.9 Å². The van der Waals surface area contributed by atoms with Crippen molar-refractivity contribution >= 4 is 25.8 Å². The first-order chi connectivity index (χ1) is 15.5. The second-order valence-corrected chi connectivity index (χ2v) is 13.8. The van der Waals surface area contributed by atoms with E-state index in [1.54, 1.807) is 24.3 Å². The van der Waals surface area contributed by atoms with Crippen LogP contribution in [0.5, 0.6) is 5.75 Å². The Morgan fingerprint density at radius 3 is 1.53 bits per heavy atom. The molecular formula is C26H32O6P2. The maximum absolute atomic E-state index is 13.3. The van der Waals surface area contributed by atoms with Crippen LogP contribution in [0.25, 0.3) is 11.1 Å². The fourth-order valence-electron chi connectivity index (χ4n) is 3.56. The lowest BCUT2D eigenvalue weighted by Gasteiger charge is -2.27. The van der Waals surface area contributed by atoms with E-state index < -0.39 is 15.2 Å². The highest BCUT2D eigenvalue weighted by Gasteiger charge is 2.29. The third-order valence-corrected chi connectivity index (χ3v) is 7.97. The highest BCUT2D eigenvalue weighted by atomic mass is 31.2. The Bertz CT molecular complexity index is 1260. The molecule has 0 saturated carbocycles. The van der Waals surface area contributed by atoms with Crippen LogP contribution in [-0.4, -0.2) is 14.7 Å². The molecule has 0 aliphatic carbocycles. The van der Waals surface area contributed by atoms with Gasteiger partial charge in [0.1, 0.15) is 5.75 Å². The molecule has 182 valence electrons. The molecule has 0 radical (unpaired) electrons. The van der Waals surface area contributed by atoms with E-state index >= 15 is 0 Å². The van der Waals surface area contributed by atoms with Crippen molar-refractivity contribution < 1.29 is 28.3 Å². The van der Waals surface area contributed by atoms with Crippen LogP contribution in [0.2, 0.25) is 0 Å². The van der Waals surface area contributed by atoms with E-state index in [9.17, 15) is 23.8 Å². The van der Waals surface area contributed by atoms with Crippen LogP contribution in [0.4, 0.5) is 0 Å². The van der Waals surface area contributed by atoms with E-state index in [2.05, 4.69) is 20.8 Å². The summed E-state index contributed by atoms with van der Waals surface area (Å²) in [7, 11) is -8.49. The quantitative estimate of drug-likeness (QED) is 0.390. The van der Waals surface area contributed by atoms with Crippen molar-refractivity contribution in [1.82, 2.24) is 0 Å². The van der Waals surface area contributed by atoms with E-state index in [0.29, 0.717) is 5.75 Å². The molecule has 1 unspecified atom stereocenters. The first kappa shape index (κ1) is 26.4. The van der Waals surface area contributed by atoms with Crippen molar-refractivity contribution in [2.24, 2.45) is 0 Å². The zero-order chi connectivity index (χ0) is 25.5. The van der Waals surface area contributed by atoms with Gasteiger partial charge in [-0.2, -0.15) is 0 Å². The molecule has 3 rings (SSSR count). The lowest BCUT2D eigenvalue weighted by atomic mass is 9.81. The molecule has 1 atom stereocenters. The minimum absolute atomic E-state index is 0.0618. The standard InChI is InChI=1S/C26H32O6P2/c1-25(2,3)20-11-16-23(26(4,5)6)24(17-20)32-34(30,31)22-14-9-19(10-15-22)18-7-12-21(13-8-18)33(27,28)29/h7-17H,1-6H3,(H,30,31)(H2,27,28,29). The van der Waals surface area contributed by atoms with Gasteiger partial charge in [0, 0.05) is 5.56 Å². The molecule has 0 aliphatic heterocycles. The molecule has 0 heterocycles. The predicted octanol–water partition coefficient (Wildman–Crippen LogP) is 5.64. The van der Waals surface area contributed by atoms with Crippen LogP contribution in [0.1, 0.15) is 52.7 Å². The van der Waals surface area contributed by atoms with Crippen LogP contribution in [-0.2, 0) is 20.0 Å². The minimum Gasteiger partial charge on any atom is -0.421 e. The Morgan fingerprint density at radius 2 is 1.12 bits per heavy atom. The molecule has 0 amide bonds. The SMILES string of the molecule is CC(C)(C)c1ccc(C(C)(C)C)c(OP(=O)(O)c2ccc(-c3ccc(P(=O)(O)O)cc3)cc2)c1. The van der Waals surface area contributed by atoms with Gasteiger partial charge < -0.3 is 19.2 Å². The van der Waals surface area contributed by atoms with Crippen LogP contribution >= 0.6 is 15.2 Å². The van der Waals surface area contributed by atoms with Gasteiger partial charge >= 0.3 is 15.2 Å². The summed E-state index contributed by atoms with van der Waals surface area (Å²) >= 11 is 0. The zero-order valence-electron chi connectivity index (χ0n) is 20.3. The normalized spacial score (nSPS) is 14.5.